The van der Waals surface area contributed by atoms with Gasteiger partial charge in [-0.15, -0.1) is 0 Å². The topological polar surface area (TPSA) is 99.5 Å². The van der Waals surface area contributed by atoms with Crippen LogP contribution in [0, 0.1) is 0 Å². The van der Waals surface area contributed by atoms with Gasteiger partial charge in [-0.2, -0.15) is 5.10 Å². The van der Waals surface area contributed by atoms with Gasteiger partial charge >= 0.3 is 0 Å². The number of carbonyl (C=O) groups excluding carboxylic acids is 2. The van der Waals surface area contributed by atoms with Gasteiger partial charge in [0.05, 0.1) is 12.6 Å². The molecule has 0 aromatic carbocycles. The van der Waals surface area contributed by atoms with Crippen molar-refractivity contribution in [2.24, 2.45) is 0 Å². The van der Waals surface area contributed by atoms with Crippen molar-refractivity contribution in [2.45, 2.75) is 56.7 Å². The number of aromatic nitrogens is 2. The van der Waals surface area contributed by atoms with E-state index in [2.05, 4.69) is 20.6 Å². The lowest BCUT2D eigenvalue weighted by Gasteiger charge is -2.39. The summed E-state index contributed by atoms with van der Waals surface area (Å²) in [6.45, 7) is 3.27. The maximum absolute atomic E-state index is 12.7. The molecular formula is C18H27N5O3. The lowest BCUT2D eigenvalue weighted by molar-refractivity contribution is 0.0854. The molecule has 1 aromatic heterocycles. The second-order valence-corrected chi connectivity index (χ2v) is 7.77. The van der Waals surface area contributed by atoms with Crippen molar-refractivity contribution in [1.82, 2.24) is 25.3 Å². The van der Waals surface area contributed by atoms with Crippen LogP contribution in [0.5, 0.6) is 0 Å². The van der Waals surface area contributed by atoms with E-state index in [4.69, 9.17) is 0 Å². The standard InChI is InChI=1S/C18H27N5O3/c24-13-10-19-17(26)15-9-14(21-23(15)11-13)16(25)20-12-18(5-1-2-6-18)22-7-3-4-8-22/h9,13,24H,1-8,10-12H2,(H,19,26)(H,20,25). The van der Waals surface area contributed by atoms with Gasteiger partial charge < -0.3 is 15.7 Å². The molecule has 0 radical (unpaired) electrons. The largest absolute Gasteiger partial charge is 0.389 e. The highest BCUT2D eigenvalue weighted by Crippen LogP contribution is 2.36. The summed E-state index contributed by atoms with van der Waals surface area (Å²) in [5.74, 6) is -0.559. The predicted molar refractivity (Wildman–Crippen MR) is 94.9 cm³/mol. The van der Waals surface area contributed by atoms with Crippen molar-refractivity contribution in [3.63, 3.8) is 0 Å². The second kappa shape index (κ2) is 7.00. The first kappa shape index (κ1) is 17.5. The summed E-state index contributed by atoms with van der Waals surface area (Å²) in [4.78, 5) is 27.3. The number of rotatable bonds is 4. The van der Waals surface area contributed by atoms with E-state index in [-0.39, 0.29) is 36.1 Å². The fourth-order valence-electron chi connectivity index (χ4n) is 4.58. The SMILES string of the molecule is O=C(NCC1(N2CCCC2)CCCC1)c1cc2n(n1)CC(O)CNC2=O. The molecule has 2 aliphatic heterocycles. The van der Waals surface area contributed by atoms with Gasteiger partial charge in [-0.1, -0.05) is 12.8 Å². The number of hydrogen-bond acceptors (Lipinski definition) is 5. The molecule has 142 valence electrons. The number of nitrogens with one attached hydrogen (secondary N) is 2. The highest BCUT2D eigenvalue weighted by Gasteiger charge is 2.40. The van der Waals surface area contributed by atoms with Crippen molar-refractivity contribution in [1.29, 1.82) is 0 Å². The van der Waals surface area contributed by atoms with Crippen LogP contribution < -0.4 is 10.6 Å². The van der Waals surface area contributed by atoms with Crippen LogP contribution in [0.15, 0.2) is 6.07 Å². The first-order chi connectivity index (χ1) is 12.6. The lowest BCUT2D eigenvalue weighted by Crippen LogP contribution is -2.53. The number of amides is 2. The van der Waals surface area contributed by atoms with Crippen molar-refractivity contribution in [3.8, 4) is 0 Å². The summed E-state index contributed by atoms with van der Waals surface area (Å²) in [5, 5.41) is 19.8. The highest BCUT2D eigenvalue weighted by atomic mass is 16.3. The zero-order valence-electron chi connectivity index (χ0n) is 15.0. The molecule has 1 aliphatic carbocycles. The van der Waals surface area contributed by atoms with Gasteiger partial charge in [-0.3, -0.25) is 19.2 Å². The van der Waals surface area contributed by atoms with Gasteiger partial charge in [0.2, 0.25) is 0 Å². The molecule has 8 nitrogen and oxygen atoms in total. The van der Waals surface area contributed by atoms with Crippen molar-refractivity contribution in [3.05, 3.63) is 17.5 Å². The number of nitrogens with zero attached hydrogens (tertiary/aromatic N) is 3. The third-order valence-corrected chi connectivity index (χ3v) is 6.02. The Labute approximate surface area is 152 Å². The first-order valence-electron chi connectivity index (χ1n) is 9.65. The van der Waals surface area contributed by atoms with Gasteiger partial charge in [0.25, 0.3) is 11.8 Å². The average Bonchev–Trinajstić information content (AvgIpc) is 3.36. The summed E-state index contributed by atoms with van der Waals surface area (Å²) in [6.07, 6.45) is 6.45. The van der Waals surface area contributed by atoms with E-state index < -0.39 is 6.10 Å². The highest BCUT2D eigenvalue weighted by molar-refractivity contribution is 5.98. The normalized spacial score (nSPS) is 25.6. The minimum absolute atomic E-state index is 0.0799. The molecule has 1 aromatic rings. The predicted octanol–water partition coefficient (Wildman–Crippen LogP) is 0.126. The minimum Gasteiger partial charge on any atom is -0.389 e. The zero-order chi connectivity index (χ0) is 18.1. The van der Waals surface area contributed by atoms with E-state index in [0.29, 0.717) is 12.2 Å². The number of hydrogen-bond donors (Lipinski definition) is 3. The Morgan fingerprint density at radius 3 is 2.77 bits per heavy atom. The summed E-state index contributed by atoms with van der Waals surface area (Å²) in [7, 11) is 0. The number of aliphatic hydroxyl groups excluding tert-OH is 1. The number of likely N-dealkylation sites (tertiary alicyclic amines) is 1. The molecule has 3 N–H and O–H groups in total. The zero-order valence-corrected chi connectivity index (χ0v) is 15.0. The van der Waals surface area contributed by atoms with E-state index in [0.717, 1.165) is 25.9 Å². The Morgan fingerprint density at radius 2 is 2.04 bits per heavy atom. The van der Waals surface area contributed by atoms with Crippen LogP contribution in [0.3, 0.4) is 0 Å². The molecule has 1 saturated carbocycles. The number of β-amino-alcohol motifs (C(OH)–C–C–N with tert-alkyl or cyclic N) is 1. The maximum atomic E-state index is 12.7. The average molecular weight is 361 g/mol. The van der Waals surface area contributed by atoms with Gasteiger partial charge in [0, 0.05) is 24.7 Å². The molecule has 3 aliphatic rings. The third-order valence-electron chi connectivity index (χ3n) is 6.02. The van der Waals surface area contributed by atoms with E-state index in [1.807, 2.05) is 0 Å². The molecule has 0 bridgehead atoms. The molecule has 1 atom stereocenters. The maximum Gasteiger partial charge on any atom is 0.271 e. The first-order valence-corrected chi connectivity index (χ1v) is 9.65. The number of carbonyl (C=O) groups is 2. The van der Waals surface area contributed by atoms with Crippen LogP contribution in [0.2, 0.25) is 0 Å². The van der Waals surface area contributed by atoms with Gasteiger partial charge in [0.1, 0.15) is 5.69 Å². The van der Waals surface area contributed by atoms with E-state index in [1.165, 1.54) is 36.4 Å². The number of aliphatic hydroxyl groups is 1. The molecule has 26 heavy (non-hydrogen) atoms. The molecule has 3 heterocycles. The minimum atomic E-state index is -0.701. The quantitative estimate of drug-likeness (QED) is 0.708. The molecule has 4 rings (SSSR count). The fourth-order valence-corrected chi connectivity index (χ4v) is 4.58. The van der Waals surface area contributed by atoms with Crippen LogP contribution in [0.4, 0.5) is 0 Å². The monoisotopic (exact) mass is 361 g/mol. The number of fused-ring (bicyclic) bond motifs is 1. The Morgan fingerprint density at radius 1 is 1.31 bits per heavy atom. The van der Waals surface area contributed by atoms with Crippen LogP contribution >= 0.6 is 0 Å². The van der Waals surface area contributed by atoms with Crippen LogP contribution in [-0.2, 0) is 6.54 Å². The molecule has 8 heteroatoms. The Kier molecular flexibility index (Phi) is 4.71. The molecule has 2 fully saturated rings. The van der Waals surface area contributed by atoms with E-state index in [9.17, 15) is 14.7 Å². The fraction of sp³-hybridized carbons (Fsp3) is 0.722. The molecule has 0 spiro atoms. The molecule has 1 saturated heterocycles. The Hall–Kier alpha value is -1.93. The summed E-state index contributed by atoms with van der Waals surface area (Å²) >= 11 is 0. The summed E-state index contributed by atoms with van der Waals surface area (Å²) in [6, 6.07) is 1.51. The Balaban J connectivity index is 1.46. The Bertz CT molecular complexity index is 689. The van der Waals surface area contributed by atoms with Gasteiger partial charge in [0.15, 0.2) is 5.69 Å². The third kappa shape index (κ3) is 3.23. The van der Waals surface area contributed by atoms with Gasteiger partial charge in [-0.25, -0.2) is 0 Å². The van der Waals surface area contributed by atoms with Gasteiger partial charge in [-0.05, 0) is 38.8 Å². The van der Waals surface area contributed by atoms with Crippen molar-refractivity contribution >= 4 is 11.8 Å². The summed E-state index contributed by atoms with van der Waals surface area (Å²) in [5.41, 5.74) is 0.636. The smallest absolute Gasteiger partial charge is 0.271 e. The van der Waals surface area contributed by atoms with E-state index in [1.54, 1.807) is 0 Å². The molecule has 2 amide bonds. The lowest BCUT2D eigenvalue weighted by atomic mass is 9.95. The van der Waals surface area contributed by atoms with Crippen molar-refractivity contribution in [2.75, 3.05) is 26.2 Å². The molecule has 1 unspecified atom stereocenters. The molecular weight excluding hydrogens is 334 g/mol. The van der Waals surface area contributed by atoms with Crippen molar-refractivity contribution < 1.29 is 14.7 Å². The second-order valence-electron chi connectivity index (χ2n) is 7.77. The van der Waals surface area contributed by atoms with Crippen LogP contribution in [0.25, 0.3) is 0 Å². The van der Waals surface area contributed by atoms with E-state index >= 15 is 0 Å². The van der Waals surface area contributed by atoms with Crippen LogP contribution in [-0.4, -0.2) is 69.4 Å². The summed E-state index contributed by atoms with van der Waals surface area (Å²) < 4.78 is 1.42. The van der Waals surface area contributed by atoms with Crippen LogP contribution in [0.1, 0.15) is 59.5 Å².